The van der Waals surface area contributed by atoms with Crippen LogP contribution in [0.4, 0.5) is 0 Å². The van der Waals surface area contributed by atoms with Gasteiger partial charge in [0.2, 0.25) is 0 Å². The molecule has 92 valence electrons. The van der Waals surface area contributed by atoms with Crippen LogP contribution in [0.25, 0.3) is 0 Å². The topological polar surface area (TPSA) is 68.4 Å². The fourth-order valence-corrected chi connectivity index (χ4v) is 1.73. The third kappa shape index (κ3) is 2.92. The molecular weight excluding hydrogens is 220 g/mol. The summed E-state index contributed by atoms with van der Waals surface area (Å²) in [6.45, 7) is 3.49. The third-order valence-electron chi connectivity index (χ3n) is 2.85. The van der Waals surface area contributed by atoms with E-state index in [0.717, 1.165) is 26.2 Å². The molecule has 1 aliphatic heterocycles. The lowest BCUT2D eigenvalue weighted by Crippen LogP contribution is -2.52. The molecule has 0 radical (unpaired) electrons. The van der Waals surface area contributed by atoms with Crippen LogP contribution in [-0.2, 0) is 0 Å². The molecule has 17 heavy (non-hydrogen) atoms. The van der Waals surface area contributed by atoms with Gasteiger partial charge in [-0.25, -0.2) is 5.01 Å². The van der Waals surface area contributed by atoms with Crippen LogP contribution >= 0.6 is 0 Å². The van der Waals surface area contributed by atoms with Crippen LogP contribution in [0.3, 0.4) is 0 Å². The van der Waals surface area contributed by atoms with Crippen LogP contribution in [0.5, 0.6) is 0 Å². The molecule has 1 aromatic heterocycles. The number of carbonyl (C=O) groups excluding carboxylic acids is 2. The average Bonchev–Trinajstić information content (AvgIpc) is 2.81. The molecule has 6 heteroatoms. The molecular formula is C11H16N4O2. The predicted molar refractivity (Wildman–Crippen MR) is 62.7 cm³/mol. The Labute approximate surface area is 99.6 Å². The number of carbonyl (C=O) groups is 2. The molecule has 0 atom stereocenters. The van der Waals surface area contributed by atoms with E-state index in [1.165, 1.54) is 6.20 Å². The van der Waals surface area contributed by atoms with Crippen molar-refractivity contribution >= 4 is 12.2 Å². The molecule has 1 saturated heterocycles. The number of likely N-dealkylation sites (N-methyl/N-ethyl adjacent to an activating group) is 1. The molecule has 0 unspecified atom stereocenters. The van der Waals surface area contributed by atoms with E-state index in [-0.39, 0.29) is 5.91 Å². The summed E-state index contributed by atoms with van der Waals surface area (Å²) in [5.74, 6) is -0.206. The van der Waals surface area contributed by atoms with Gasteiger partial charge < -0.3 is 9.88 Å². The minimum absolute atomic E-state index is 0.206. The Morgan fingerprint density at radius 3 is 2.71 bits per heavy atom. The third-order valence-corrected chi connectivity index (χ3v) is 2.85. The van der Waals surface area contributed by atoms with E-state index in [1.54, 1.807) is 6.07 Å². The summed E-state index contributed by atoms with van der Waals surface area (Å²) in [5.41, 5.74) is 3.70. The Morgan fingerprint density at radius 2 is 2.12 bits per heavy atom. The van der Waals surface area contributed by atoms with Gasteiger partial charge in [0.1, 0.15) is 5.69 Å². The highest BCUT2D eigenvalue weighted by molar-refractivity contribution is 5.94. The second kappa shape index (κ2) is 5.11. The molecule has 0 bridgehead atoms. The molecule has 0 aromatic carbocycles. The first-order chi connectivity index (χ1) is 8.19. The summed E-state index contributed by atoms with van der Waals surface area (Å²) in [7, 11) is 2.06. The van der Waals surface area contributed by atoms with Crippen LogP contribution in [0, 0.1) is 0 Å². The number of aldehydes is 1. The SMILES string of the molecule is CN1CCN(NC(=O)c2cc(C=O)c[nH]2)CC1. The lowest BCUT2D eigenvalue weighted by Gasteiger charge is -2.32. The average molecular weight is 236 g/mol. The Hall–Kier alpha value is -1.66. The lowest BCUT2D eigenvalue weighted by atomic mass is 10.3. The van der Waals surface area contributed by atoms with E-state index < -0.39 is 0 Å². The largest absolute Gasteiger partial charge is 0.356 e. The lowest BCUT2D eigenvalue weighted by molar-refractivity contribution is 0.0658. The van der Waals surface area contributed by atoms with Crippen molar-refractivity contribution in [2.75, 3.05) is 33.2 Å². The highest BCUT2D eigenvalue weighted by atomic mass is 16.2. The number of amides is 1. The summed E-state index contributed by atoms with van der Waals surface area (Å²) in [4.78, 5) is 27.3. The maximum atomic E-state index is 11.8. The number of aromatic amines is 1. The van der Waals surface area contributed by atoms with E-state index in [0.29, 0.717) is 17.5 Å². The normalized spacial score (nSPS) is 17.9. The highest BCUT2D eigenvalue weighted by Gasteiger charge is 2.17. The van der Waals surface area contributed by atoms with Gasteiger partial charge in [-0.05, 0) is 13.1 Å². The Morgan fingerprint density at radius 1 is 1.41 bits per heavy atom. The van der Waals surface area contributed by atoms with Crippen molar-refractivity contribution in [3.8, 4) is 0 Å². The van der Waals surface area contributed by atoms with Gasteiger partial charge in [-0.2, -0.15) is 0 Å². The summed E-state index contributed by atoms with van der Waals surface area (Å²) >= 11 is 0. The van der Waals surface area contributed by atoms with Crippen molar-refractivity contribution in [3.05, 3.63) is 23.5 Å². The van der Waals surface area contributed by atoms with E-state index in [4.69, 9.17) is 0 Å². The zero-order chi connectivity index (χ0) is 12.3. The van der Waals surface area contributed by atoms with Crippen molar-refractivity contribution in [3.63, 3.8) is 0 Å². The number of rotatable bonds is 3. The standard InChI is InChI=1S/C11H16N4O2/c1-14-2-4-15(5-3-14)13-11(17)10-6-9(8-16)7-12-10/h6-8,12H,2-5H2,1H3,(H,13,17). The molecule has 1 amide bonds. The fraction of sp³-hybridized carbons (Fsp3) is 0.455. The number of hydrogen-bond acceptors (Lipinski definition) is 4. The summed E-state index contributed by atoms with van der Waals surface area (Å²) < 4.78 is 0. The Kier molecular flexibility index (Phi) is 3.55. The Bertz CT molecular complexity index is 407. The number of nitrogens with one attached hydrogen (secondary N) is 2. The first kappa shape index (κ1) is 11.8. The number of nitrogens with zero attached hydrogens (tertiary/aromatic N) is 2. The van der Waals surface area contributed by atoms with Crippen LogP contribution in [0.15, 0.2) is 12.3 Å². The predicted octanol–water partition coefficient (Wildman–Crippen LogP) is -0.281. The van der Waals surface area contributed by atoms with Gasteiger partial charge in [0.05, 0.1) is 0 Å². The zero-order valence-electron chi connectivity index (χ0n) is 9.77. The summed E-state index contributed by atoms with van der Waals surface area (Å²) in [5, 5.41) is 1.89. The van der Waals surface area contributed by atoms with Gasteiger partial charge in [-0.15, -0.1) is 0 Å². The van der Waals surface area contributed by atoms with Gasteiger partial charge in [-0.1, -0.05) is 0 Å². The monoisotopic (exact) mass is 236 g/mol. The number of hydrazine groups is 1. The van der Waals surface area contributed by atoms with Gasteiger partial charge in [-0.3, -0.25) is 15.0 Å². The van der Waals surface area contributed by atoms with E-state index in [9.17, 15) is 9.59 Å². The summed E-state index contributed by atoms with van der Waals surface area (Å²) in [6.07, 6.45) is 2.23. The molecule has 1 fully saturated rings. The van der Waals surface area contributed by atoms with Gasteiger partial charge in [0.25, 0.3) is 5.91 Å². The van der Waals surface area contributed by atoms with Crippen molar-refractivity contribution in [2.45, 2.75) is 0 Å². The molecule has 1 aliphatic rings. The minimum atomic E-state index is -0.206. The fourth-order valence-electron chi connectivity index (χ4n) is 1.73. The van der Waals surface area contributed by atoms with E-state index in [2.05, 4.69) is 22.4 Å². The number of piperazine rings is 1. The van der Waals surface area contributed by atoms with Crippen LogP contribution in [-0.4, -0.2) is 60.3 Å². The molecule has 0 aliphatic carbocycles. The van der Waals surface area contributed by atoms with Gasteiger partial charge >= 0.3 is 0 Å². The maximum Gasteiger partial charge on any atom is 0.281 e. The molecule has 6 nitrogen and oxygen atoms in total. The minimum Gasteiger partial charge on any atom is -0.356 e. The molecule has 2 N–H and O–H groups in total. The quantitative estimate of drug-likeness (QED) is 0.708. The van der Waals surface area contributed by atoms with Gasteiger partial charge in [0.15, 0.2) is 6.29 Å². The zero-order valence-corrected chi connectivity index (χ0v) is 9.77. The summed E-state index contributed by atoms with van der Waals surface area (Å²) in [6, 6.07) is 1.54. The van der Waals surface area contributed by atoms with E-state index in [1.807, 2.05) is 5.01 Å². The second-order valence-corrected chi connectivity index (χ2v) is 4.20. The van der Waals surface area contributed by atoms with Crippen LogP contribution in [0.2, 0.25) is 0 Å². The van der Waals surface area contributed by atoms with Crippen LogP contribution in [0.1, 0.15) is 20.8 Å². The maximum absolute atomic E-state index is 11.8. The molecule has 0 saturated carbocycles. The molecule has 1 aromatic rings. The molecule has 2 heterocycles. The smallest absolute Gasteiger partial charge is 0.281 e. The van der Waals surface area contributed by atoms with Crippen molar-refractivity contribution in [1.82, 2.24) is 20.3 Å². The second-order valence-electron chi connectivity index (χ2n) is 4.20. The Balaban J connectivity index is 1.90. The molecule has 0 spiro atoms. The number of H-pyrrole nitrogens is 1. The van der Waals surface area contributed by atoms with Crippen molar-refractivity contribution in [1.29, 1.82) is 0 Å². The van der Waals surface area contributed by atoms with Crippen molar-refractivity contribution in [2.24, 2.45) is 0 Å². The van der Waals surface area contributed by atoms with Crippen LogP contribution < -0.4 is 5.43 Å². The first-order valence-corrected chi connectivity index (χ1v) is 5.57. The number of aromatic nitrogens is 1. The highest BCUT2D eigenvalue weighted by Crippen LogP contribution is 2.02. The first-order valence-electron chi connectivity index (χ1n) is 5.57. The van der Waals surface area contributed by atoms with E-state index >= 15 is 0 Å². The number of hydrogen-bond donors (Lipinski definition) is 2. The van der Waals surface area contributed by atoms with Gasteiger partial charge in [0, 0.05) is 37.9 Å². The van der Waals surface area contributed by atoms with Crippen molar-refractivity contribution < 1.29 is 9.59 Å². The molecule has 2 rings (SSSR count).